The maximum absolute atomic E-state index is 12.7. The highest BCUT2D eigenvalue weighted by molar-refractivity contribution is 5.95. The van der Waals surface area contributed by atoms with Gasteiger partial charge in [0.05, 0.1) is 24.4 Å². The molecular weight excluding hydrogens is 275 g/mol. The van der Waals surface area contributed by atoms with E-state index in [1.165, 1.54) is 24.3 Å². The van der Waals surface area contributed by atoms with Crippen molar-refractivity contribution < 1.29 is 19.0 Å². The highest BCUT2D eigenvalue weighted by atomic mass is 19.1. The lowest BCUT2D eigenvalue weighted by Gasteiger charge is -2.11. The zero-order valence-corrected chi connectivity index (χ0v) is 11.7. The van der Waals surface area contributed by atoms with Gasteiger partial charge in [-0.3, -0.25) is 4.79 Å². The molecular formula is C15H17FN2O3. The first-order valence-corrected chi connectivity index (χ1v) is 6.48. The van der Waals surface area contributed by atoms with Crippen molar-refractivity contribution in [1.29, 1.82) is 0 Å². The second-order valence-electron chi connectivity index (χ2n) is 4.69. The number of carbonyl (C=O) groups excluding carboxylic acids is 1. The Kier molecular flexibility index (Phi) is 4.47. The van der Waals surface area contributed by atoms with Crippen LogP contribution >= 0.6 is 0 Å². The summed E-state index contributed by atoms with van der Waals surface area (Å²) in [5, 5.41) is 12.4. The van der Waals surface area contributed by atoms with E-state index in [2.05, 4.69) is 11.9 Å². The lowest BCUT2D eigenvalue weighted by molar-refractivity contribution is -0.117. The van der Waals surface area contributed by atoms with Gasteiger partial charge in [-0.2, -0.15) is 0 Å². The average Bonchev–Trinajstić information content (AvgIpc) is 2.73. The molecule has 0 bridgehead atoms. The third-order valence-corrected chi connectivity index (χ3v) is 3.16. The summed E-state index contributed by atoms with van der Waals surface area (Å²) in [6.45, 7) is 4.54. The molecule has 0 fully saturated rings. The fourth-order valence-electron chi connectivity index (χ4n) is 1.91. The van der Waals surface area contributed by atoms with Crippen molar-refractivity contribution in [2.75, 3.05) is 26.7 Å². The smallest absolute Gasteiger partial charge is 0.252 e. The lowest BCUT2D eigenvalue weighted by Crippen LogP contribution is -2.31. The van der Waals surface area contributed by atoms with E-state index < -0.39 is 0 Å². The average molecular weight is 292 g/mol. The molecule has 1 aromatic rings. The van der Waals surface area contributed by atoms with Crippen LogP contribution in [-0.2, 0) is 4.79 Å². The van der Waals surface area contributed by atoms with Crippen LogP contribution in [0.15, 0.2) is 47.9 Å². The van der Waals surface area contributed by atoms with Gasteiger partial charge in [0.25, 0.3) is 5.91 Å². The molecule has 0 saturated heterocycles. The Morgan fingerprint density at radius 2 is 2.14 bits per heavy atom. The Balaban J connectivity index is 1.77. The first-order valence-electron chi connectivity index (χ1n) is 6.48. The van der Waals surface area contributed by atoms with Crippen molar-refractivity contribution in [3.63, 3.8) is 0 Å². The molecule has 112 valence electrons. The number of aliphatic hydroxyl groups is 1. The molecule has 1 aromatic carbocycles. The van der Waals surface area contributed by atoms with Crippen molar-refractivity contribution in [3.05, 3.63) is 53.7 Å². The minimum absolute atomic E-state index is 0.0746. The molecule has 0 unspecified atom stereocenters. The van der Waals surface area contributed by atoms with Crippen LogP contribution in [0.2, 0.25) is 0 Å². The third kappa shape index (κ3) is 3.53. The van der Waals surface area contributed by atoms with Gasteiger partial charge in [-0.05, 0) is 24.3 Å². The van der Waals surface area contributed by atoms with Crippen LogP contribution in [0, 0.1) is 5.82 Å². The van der Waals surface area contributed by atoms with Crippen molar-refractivity contribution in [2.45, 2.75) is 0 Å². The second kappa shape index (κ2) is 6.30. The maximum atomic E-state index is 12.7. The van der Waals surface area contributed by atoms with Gasteiger partial charge >= 0.3 is 0 Å². The summed E-state index contributed by atoms with van der Waals surface area (Å²) in [5.41, 5.74) is 0.729. The molecule has 0 spiro atoms. The van der Waals surface area contributed by atoms with Crippen LogP contribution in [0.25, 0.3) is 0 Å². The molecule has 1 heterocycles. The number of rotatable bonds is 5. The topological polar surface area (TPSA) is 61.8 Å². The summed E-state index contributed by atoms with van der Waals surface area (Å²) in [5.74, 6) is -0.222. The summed E-state index contributed by atoms with van der Waals surface area (Å²) in [4.78, 5) is 13.6. The van der Waals surface area contributed by atoms with Gasteiger partial charge in [-0.1, -0.05) is 6.58 Å². The largest absolute Gasteiger partial charge is 0.505 e. The van der Waals surface area contributed by atoms with Gasteiger partial charge in [0, 0.05) is 7.05 Å². The number of amides is 1. The van der Waals surface area contributed by atoms with Gasteiger partial charge in [-0.25, -0.2) is 4.39 Å². The summed E-state index contributed by atoms with van der Waals surface area (Å²) < 4.78 is 18.1. The van der Waals surface area contributed by atoms with E-state index in [1.54, 1.807) is 11.9 Å². The van der Waals surface area contributed by atoms with Crippen LogP contribution in [0.5, 0.6) is 5.75 Å². The van der Waals surface area contributed by atoms with Crippen LogP contribution in [0.1, 0.15) is 0 Å². The zero-order valence-electron chi connectivity index (χ0n) is 11.7. The molecule has 1 amide bonds. The van der Waals surface area contributed by atoms with Crippen molar-refractivity contribution in [2.24, 2.45) is 0 Å². The molecule has 1 aliphatic rings. The minimum Gasteiger partial charge on any atom is -0.505 e. The van der Waals surface area contributed by atoms with Crippen LogP contribution in [0.3, 0.4) is 0 Å². The van der Waals surface area contributed by atoms with Crippen LogP contribution < -0.4 is 10.1 Å². The maximum Gasteiger partial charge on any atom is 0.252 e. The van der Waals surface area contributed by atoms with Crippen LogP contribution in [0.4, 0.5) is 4.39 Å². The van der Waals surface area contributed by atoms with E-state index in [-0.39, 0.29) is 30.6 Å². The minimum atomic E-state index is -0.347. The Labute approximate surface area is 122 Å². The van der Waals surface area contributed by atoms with Crippen LogP contribution in [-0.4, -0.2) is 42.7 Å². The number of carbonyl (C=O) groups is 1. The number of hydrogen-bond donors (Lipinski definition) is 2. The SMILES string of the molecule is C=C1C(O)=C(C(=O)NCCOc2ccc(F)cc2)CN1C. The number of nitrogens with zero attached hydrogens (tertiary/aromatic N) is 1. The number of nitrogens with one attached hydrogen (secondary N) is 1. The molecule has 1 aliphatic heterocycles. The van der Waals surface area contributed by atoms with Crippen molar-refractivity contribution in [3.8, 4) is 5.75 Å². The quantitative estimate of drug-likeness (QED) is 0.809. The van der Waals surface area contributed by atoms with Gasteiger partial charge in [0.15, 0.2) is 0 Å². The molecule has 21 heavy (non-hydrogen) atoms. The molecule has 0 atom stereocenters. The predicted octanol–water partition coefficient (Wildman–Crippen LogP) is 1.59. The molecule has 2 N–H and O–H groups in total. The molecule has 6 heteroatoms. The Morgan fingerprint density at radius 3 is 2.71 bits per heavy atom. The standard InChI is InChI=1S/C15H17FN2O3/c1-10-14(19)13(9-18(10)2)15(20)17-7-8-21-12-5-3-11(16)4-6-12/h3-6,19H,1,7-9H2,2H3,(H,17,20). The Hall–Kier alpha value is -2.50. The number of likely N-dealkylation sites (N-methyl/N-ethyl adjacent to an activating group) is 1. The molecule has 0 saturated carbocycles. The summed E-state index contributed by atoms with van der Waals surface area (Å²) >= 11 is 0. The van der Waals surface area contributed by atoms with E-state index >= 15 is 0 Å². The van der Waals surface area contributed by atoms with E-state index in [0.29, 0.717) is 23.6 Å². The molecule has 2 rings (SSSR count). The van der Waals surface area contributed by atoms with E-state index in [0.717, 1.165) is 0 Å². The highest BCUT2D eigenvalue weighted by Crippen LogP contribution is 2.22. The first kappa shape index (κ1) is 14.9. The normalized spacial score (nSPS) is 14.6. The van der Waals surface area contributed by atoms with Gasteiger partial charge in [0.1, 0.15) is 23.9 Å². The number of benzene rings is 1. The molecule has 5 nitrogen and oxygen atoms in total. The van der Waals surface area contributed by atoms with Gasteiger partial charge in [-0.15, -0.1) is 0 Å². The van der Waals surface area contributed by atoms with Crippen molar-refractivity contribution in [1.82, 2.24) is 10.2 Å². The number of hydrogen-bond acceptors (Lipinski definition) is 4. The summed E-state index contributed by atoms with van der Waals surface area (Å²) in [7, 11) is 1.75. The molecule has 0 aliphatic carbocycles. The van der Waals surface area contributed by atoms with E-state index in [9.17, 15) is 14.3 Å². The number of halogens is 1. The Morgan fingerprint density at radius 1 is 1.48 bits per heavy atom. The second-order valence-corrected chi connectivity index (χ2v) is 4.69. The van der Waals surface area contributed by atoms with E-state index in [4.69, 9.17) is 4.74 Å². The molecule has 0 aromatic heterocycles. The Bertz CT molecular complexity index is 581. The fraction of sp³-hybridized carbons (Fsp3) is 0.267. The number of aliphatic hydroxyl groups excluding tert-OH is 1. The highest BCUT2D eigenvalue weighted by Gasteiger charge is 2.26. The fourth-order valence-corrected chi connectivity index (χ4v) is 1.91. The van der Waals surface area contributed by atoms with Crippen molar-refractivity contribution >= 4 is 5.91 Å². The summed E-state index contributed by atoms with van der Waals surface area (Å²) in [6, 6.07) is 5.64. The van der Waals surface area contributed by atoms with E-state index in [1.807, 2.05) is 0 Å². The van der Waals surface area contributed by atoms with Gasteiger partial charge < -0.3 is 20.1 Å². The first-order chi connectivity index (χ1) is 9.99. The monoisotopic (exact) mass is 292 g/mol. The predicted molar refractivity (Wildman–Crippen MR) is 76.3 cm³/mol. The zero-order chi connectivity index (χ0) is 15.4. The third-order valence-electron chi connectivity index (χ3n) is 3.16. The van der Waals surface area contributed by atoms with Gasteiger partial charge in [0.2, 0.25) is 0 Å². The summed E-state index contributed by atoms with van der Waals surface area (Å²) in [6.07, 6.45) is 0. The lowest BCUT2D eigenvalue weighted by atomic mass is 10.2. The molecule has 0 radical (unpaired) electrons. The number of ether oxygens (including phenoxy) is 1.